The fourth-order valence-corrected chi connectivity index (χ4v) is 0.990. The fourth-order valence-electron chi connectivity index (χ4n) is 0.113. The number of rotatable bonds is 2. The molecule has 0 aromatic carbocycles. The maximum absolute atomic E-state index is 10.1. The third-order valence-corrected chi connectivity index (χ3v) is 2.66. The van der Waals surface area contributed by atoms with Gasteiger partial charge in [-0.15, -0.1) is 0 Å². The Labute approximate surface area is 65.6 Å². The van der Waals surface area contributed by atoms with Crippen molar-refractivity contribution in [2.45, 2.75) is 13.8 Å². The summed E-state index contributed by atoms with van der Waals surface area (Å²) >= 11 is -1.60. The van der Waals surface area contributed by atoms with Crippen molar-refractivity contribution in [3.8, 4) is 0 Å². The Morgan fingerprint density at radius 1 is 1.11 bits per heavy atom. The Bertz CT molecular complexity index is 108. The van der Waals surface area contributed by atoms with E-state index in [1.165, 1.54) is 13.8 Å². The first kappa shape index (κ1) is 8.84. The van der Waals surface area contributed by atoms with Crippen LogP contribution in [0.5, 0.6) is 0 Å². The van der Waals surface area contributed by atoms with E-state index in [1.54, 1.807) is 0 Å². The Balaban J connectivity index is 3.10. The molecule has 0 atom stereocenters. The van der Waals surface area contributed by atoms with Gasteiger partial charge in [-0.1, -0.05) is 0 Å². The molecule has 0 radical (unpaired) electrons. The zero-order valence-corrected chi connectivity index (χ0v) is 8.22. The van der Waals surface area contributed by atoms with Gasteiger partial charge in [0.15, 0.2) is 0 Å². The SMILES string of the molecule is CC(=O)[O][Po][O]C(C)=O. The Morgan fingerprint density at radius 2 is 1.44 bits per heavy atom. The van der Waals surface area contributed by atoms with Crippen LogP contribution in [-0.2, 0) is 15.1 Å². The van der Waals surface area contributed by atoms with E-state index >= 15 is 0 Å². The summed E-state index contributed by atoms with van der Waals surface area (Å²) in [6, 6.07) is 0. The van der Waals surface area contributed by atoms with Gasteiger partial charge < -0.3 is 0 Å². The topological polar surface area (TPSA) is 52.6 Å². The molecule has 0 fully saturated rings. The standard InChI is InChI=1S/2C2H4O2.Po/c2*1-2(3)4;/h2*1H3,(H,3,4);/q;;+2/p-2. The molecular formula is C4H6O4Po. The maximum atomic E-state index is 10.1. The monoisotopic (exact) mass is 327 g/mol. The summed E-state index contributed by atoms with van der Waals surface area (Å²) in [6.07, 6.45) is 0. The quantitative estimate of drug-likeness (QED) is 0.696. The van der Waals surface area contributed by atoms with E-state index in [-0.39, 0.29) is 11.9 Å². The van der Waals surface area contributed by atoms with E-state index in [1.807, 2.05) is 0 Å². The van der Waals surface area contributed by atoms with E-state index in [2.05, 4.69) is 5.54 Å². The van der Waals surface area contributed by atoms with Crippen LogP contribution >= 0.6 is 0 Å². The predicted octanol–water partition coefficient (Wildman–Crippen LogP) is -0.353. The molecule has 0 rings (SSSR count). The van der Waals surface area contributed by atoms with Gasteiger partial charge in [-0.05, 0) is 0 Å². The van der Waals surface area contributed by atoms with Crippen LogP contribution < -0.4 is 0 Å². The van der Waals surface area contributed by atoms with Crippen molar-refractivity contribution in [1.29, 1.82) is 0 Å². The third kappa shape index (κ3) is 7.84. The molecule has 0 heterocycles. The molecule has 0 unspecified atom stereocenters. The van der Waals surface area contributed by atoms with Crippen LogP contribution in [0.4, 0.5) is 0 Å². The molecule has 0 aliphatic rings. The van der Waals surface area contributed by atoms with Crippen molar-refractivity contribution < 1.29 is 15.1 Å². The van der Waals surface area contributed by atoms with Gasteiger partial charge in [-0.3, -0.25) is 0 Å². The second-order valence-corrected chi connectivity index (χ2v) is 3.04. The Kier molecular flexibility index (Phi) is 4.60. The van der Waals surface area contributed by atoms with Crippen LogP contribution in [0.15, 0.2) is 0 Å². The van der Waals surface area contributed by atoms with E-state index in [4.69, 9.17) is 0 Å². The molecule has 5 heteroatoms. The summed E-state index contributed by atoms with van der Waals surface area (Å²) in [7, 11) is 0. The van der Waals surface area contributed by atoms with Gasteiger partial charge in [-0.2, -0.15) is 0 Å². The molecule has 0 aliphatic heterocycles. The van der Waals surface area contributed by atoms with Crippen molar-refractivity contribution in [2.75, 3.05) is 0 Å². The molecule has 0 N–H and O–H groups in total. The van der Waals surface area contributed by atoms with E-state index in [0.29, 0.717) is 0 Å². The van der Waals surface area contributed by atoms with Gasteiger partial charge in [0, 0.05) is 0 Å². The van der Waals surface area contributed by atoms with E-state index < -0.39 is 24.5 Å². The molecule has 9 heavy (non-hydrogen) atoms. The average molecular weight is 327 g/mol. The Hall–Kier alpha value is -0.164. The summed E-state index contributed by atoms with van der Waals surface area (Å²) in [5.74, 6) is -0.775. The van der Waals surface area contributed by atoms with Crippen LogP contribution in [0.1, 0.15) is 13.8 Å². The van der Waals surface area contributed by atoms with Crippen LogP contribution in [0.25, 0.3) is 0 Å². The molecule has 0 saturated carbocycles. The Morgan fingerprint density at radius 3 is 1.67 bits per heavy atom. The van der Waals surface area contributed by atoms with Crippen LogP contribution in [0.3, 0.4) is 0 Å². The van der Waals surface area contributed by atoms with Gasteiger partial charge >= 0.3 is 65.4 Å². The number of carbonyl (C=O) groups is 2. The first-order valence-electron chi connectivity index (χ1n) is 2.15. The number of hydrogen-bond donors (Lipinski definition) is 0. The molecule has 0 aromatic rings. The summed E-state index contributed by atoms with van der Waals surface area (Å²) in [4.78, 5) is 20.1. The average Bonchev–Trinajstić information content (AvgIpc) is 1.63. The zero-order valence-electron chi connectivity index (χ0n) is 5.04. The third-order valence-electron chi connectivity index (χ3n) is 0.303. The molecule has 0 amide bonds. The molecule has 0 aliphatic carbocycles. The molecule has 52 valence electrons. The van der Waals surface area contributed by atoms with Gasteiger partial charge in [0.2, 0.25) is 0 Å². The second-order valence-electron chi connectivity index (χ2n) is 1.22. The van der Waals surface area contributed by atoms with Crippen molar-refractivity contribution in [2.24, 2.45) is 0 Å². The zero-order chi connectivity index (χ0) is 7.28. The molecule has 0 spiro atoms. The number of carbonyl (C=O) groups excluding carboxylic acids is 2. The summed E-state index contributed by atoms with van der Waals surface area (Å²) < 4.78 is 8.87. The van der Waals surface area contributed by atoms with Gasteiger partial charge in [-0.25, -0.2) is 0 Å². The molecule has 0 bridgehead atoms. The molecular weight excluding hydrogens is 321 g/mol. The van der Waals surface area contributed by atoms with Gasteiger partial charge in [0.05, 0.1) is 0 Å². The van der Waals surface area contributed by atoms with Crippen molar-refractivity contribution in [3.63, 3.8) is 0 Å². The second kappa shape index (κ2) is 4.69. The van der Waals surface area contributed by atoms with E-state index in [0.717, 1.165) is 0 Å². The van der Waals surface area contributed by atoms with Crippen molar-refractivity contribution in [1.82, 2.24) is 0 Å². The molecule has 0 saturated heterocycles. The first-order valence-corrected chi connectivity index (χ1v) is 4.74. The minimum absolute atomic E-state index is 0.388. The number of hydrogen-bond acceptors (Lipinski definition) is 4. The molecule has 4 nitrogen and oxygen atoms in total. The minimum atomic E-state index is -1.60. The predicted molar refractivity (Wildman–Crippen MR) is 29.3 cm³/mol. The van der Waals surface area contributed by atoms with Crippen LogP contribution in [-0.4, -0.2) is 36.4 Å². The van der Waals surface area contributed by atoms with E-state index in [9.17, 15) is 9.59 Å². The first-order chi connectivity index (χ1) is 4.13. The van der Waals surface area contributed by atoms with Gasteiger partial charge in [0.25, 0.3) is 0 Å². The van der Waals surface area contributed by atoms with Crippen molar-refractivity contribution >= 4 is 36.4 Å². The van der Waals surface area contributed by atoms with Crippen LogP contribution in [0.2, 0.25) is 0 Å². The summed E-state index contributed by atoms with van der Waals surface area (Å²) in [5, 5.41) is 0. The molecule has 0 aromatic heterocycles. The normalized spacial score (nSPS) is 8.22. The summed E-state index contributed by atoms with van der Waals surface area (Å²) in [5.41, 5.74) is 0. The fraction of sp³-hybridized carbons (Fsp3) is 0.500. The summed E-state index contributed by atoms with van der Waals surface area (Å²) in [6.45, 7) is 2.56. The van der Waals surface area contributed by atoms with Crippen molar-refractivity contribution in [3.05, 3.63) is 0 Å². The van der Waals surface area contributed by atoms with Gasteiger partial charge in [0.1, 0.15) is 0 Å². The van der Waals surface area contributed by atoms with Crippen LogP contribution in [0, 0.1) is 0 Å².